The molecule has 2 aromatic carbocycles. The highest BCUT2D eigenvalue weighted by molar-refractivity contribution is 5.93. The molecule has 0 spiro atoms. The molecule has 2 aromatic rings. The van der Waals surface area contributed by atoms with Crippen LogP contribution in [0, 0.1) is 0 Å². The molecule has 2 amide bonds. The van der Waals surface area contributed by atoms with Crippen molar-refractivity contribution in [2.75, 3.05) is 25.1 Å². The van der Waals surface area contributed by atoms with Crippen molar-refractivity contribution >= 4 is 23.7 Å². The van der Waals surface area contributed by atoms with Crippen molar-refractivity contribution in [3.05, 3.63) is 54.1 Å². The summed E-state index contributed by atoms with van der Waals surface area (Å²) in [5, 5.41) is 5.20. The Morgan fingerprint density at radius 3 is 2.56 bits per heavy atom. The summed E-state index contributed by atoms with van der Waals surface area (Å²) < 4.78 is 21.6. The van der Waals surface area contributed by atoms with Gasteiger partial charge in [0.2, 0.25) is 0 Å². The molecule has 0 aliphatic carbocycles. The summed E-state index contributed by atoms with van der Waals surface area (Å²) in [6, 6.07) is 13.4. The highest BCUT2D eigenvalue weighted by Gasteiger charge is 2.21. The topological polar surface area (TPSA) is 112 Å². The maximum atomic E-state index is 12.3. The SMILES string of the molecule is CC(C)(C)OC(=O)Nc1cccc(C(=O)OCC(=O)NCC2COc3ccccc3O2)c1. The third kappa shape index (κ3) is 6.90. The van der Waals surface area contributed by atoms with Crippen molar-refractivity contribution in [2.45, 2.75) is 32.5 Å². The first-order valence-corrected chi connectivity index (χ1v) is 10.1. The van der Waals surface area contributed by atoms with Crippen LogP contribution < -0.4 is 20.1 Å². The zero-order chi connectivity index (χ0) is 23.1. The molecule has 0 bridgehead atoms. The quantitative estimate of drug-likeness (QED) is 0.661. The van der Waals surface area contributed by atoms with E-state index >= 15 is 0 Å². The molecule has 0 radical (unpaired) electrons. The Morgan fingerprint density at radius 2 is 1.81 bits per heavy atom. The molecule has 1 aliphatic rings. The van der Waals surface area contributed by atoms with Crippen molar-refractivity contribution in [3.63, 3.8) is 0 Å². The largest absolute Gasteiger partial charge is 0.486 e. The summed E-state index contributed by atoms with van der Waals surface area (Å²) >= 11 is 0. The van der Waals surface area contributed by atoms with Gasteiger partial charge in [0.15, 0.2) is 18.1 Å². The number of para-hydroxylation sites is 2. The van der Waals surface area contributed by atoms with Crippen LogP contribution in [0.4, 0.5) is 10.5 Å². The fourth-order valence-electron chi connectivity index (χ4n) is 2.80. The highest BCUT2D eigenvalue weighted by atomic mass is 16.6. The first-order chi connectivity index (χ1) is 15.2. The van der Waals surface area contributed by atoms with E-state index in [-0.39, 0.29) is 18.2 Å². The van der Waals surface area contributed by atoms with Crippen LogP contribution in [0.5, 0.6) is 11.5 Å². The first kappa shape index (κ1) is 22.9. The average molecular weight is 442 g/mol. The second kappa shape index (κ2) is 10.0. The van der Waals surface area contributed by atoms with Crippen molar-refractivity contribution in [1.29, 1.82) is 0 Å². The third-order valence-corrected chi connectivity index (χ3v) is 4.17. The molecule has 0 saturated heterocycles. The number of anilines is 1. The molecule has 1 aliphatic heterocycles. The van der Waals surface area contributed by atoms with Gasteiger partial charge in [-0.15, -0.1) is 0 Å². The first-order valence-electron chi connectivity index (χ1n) is 10.1. The van der Waals surface area contributed by atoms with Gasteiger partial charge in [-0.3, -0.25) is 10.1 Å². The molecule has 1 heterocycles. The standard InChI is InChI=1S/C23H26N2O7/c1-23(2,3)32-22(28)25-16-8-6-7-15(11-16)21(27)30-14-20(26)24-12-17-13-29-18-9-4-5-10-19(18)31-17/h4-11,17H,12-14H2,1-3H3,(H,24,26)(H,25,28). The lowest BCUT2D eigenvalue weighted by molar-refractivity contribution is -0.124. The van der Waals surface area contributed by atoms with E-state index < -0.39 is 30.2 Å². The summed E-state index contributed by atoms with van der Waals surface area (Å²) in [6.45, 7) is 5.30. The zero-order valence-corrected chi connectivity index (χ0v) is 18.2. The third-order valence-electron chi connectivity index (χ3n) is 4.17. The summed E-state index contributed by atoms with van der Waals surface area (Å²) in [4.78, 5) is 36.2. The van der Waals surface area contributed by atoms with E-state index in [2.05, 4.69) is 10.6 Å². The van der Waals surface area contributed by atoms with Crippen molar-refractivity contribution in [1.82, 2.24) is 5.32 Å². The number of carbonyl (C=O) groups excluding carboxylic acids is 3. The maximum Gasteiger partial charge on any atom is 0.412 e. The van der Waals surface area contributed by atoms with Crippen LogP contribution in [0.15, 0.2) is 48.5 Å². The number of amides is 2. The Labute approximate surface area is 186 Å². The molecular weight excluding hydrogens is 416 g/mol. The van der Waals surface area contributed by atoms with Gasteiger partial charge in [-0.25, -0.2) is 9.59 Å². The molecule has 1 unspecified atom stereocenters. The molecule has 1 atom stereocenters. The molecule has 9 heteroatoms. The normalized spacial score (nSPS) is 14.8. The molecule has 9 nitrogen and oxygen atoms in total. The van der Waals surface area contributed by atoms with Crippen LogP contribution >= 0.6 is 0 Å². The van der Waals surface area contributed by atoms with Crippen LogP contribution in [0.3, 0.4) is 0 Å². The highest BCUT2D eigenvalue weighted by Crippen LogP contribution is 2.30. The Hall–Kier alpha value is -3.75. The van der Waals surface area contributed by atoms with Gasteiger partial charge in [0.1, 0.15) is 18.3 Å². The van der Waals surface area contributed by atoms with Gasteiger partial charge in [0.25, 0.3) is 5.91 Å². The predicted octanol–water partition coefficient (Wildman–Crippen LogP) is 3.15. The lowest BCUT2D eigenvalue weighted by Gasteiger charge is -2.26. The summed E-state index contributed by atoms with van der Waals surface area (Å²) in [5.41, 5.74) is -0.0912. The van der Waals surface area contributed by atoms with Crippen molar-refractivity contribution in [3.8, 4) is 11.5 Å². The molecule has 3 rings (SSSR count). The van der Waals surface area contributed by atoms with E-state index in [0.717, 1.165) is 0 Å². The summed E-state index contributed by atoms with van der Waals surface area (Å²) in [6.07, 6.45) is -0.987. The number of fused-ring (bicyclic) bond motifs is 1. The zero-order valence-electron chi connectivity index (χ0n) is 18.2. The van der Waals surface area contributed by atoms with Crippen molar-refractivity contribution < 1.29 is 33.3 Å². The van der Waals surface area contributed by atoms with E-state index in [1.54, 1.807) is 39.0 Å². The number of benzene rings is 2. The Bertz CT molecular complexity index is 984. The Balaban J connectivity index is 1.43. The van der Waals surface area contributed by atoms with Gasteiger partial charge < -0.3 is 24.3 Å². The summed E-state index contributed by atoms with van der Waals surface area (Å²) in [5.74, 6) is 0.111. The average Bonchev–Trinajstić information content (AvgIpc) is 2.74. The molecule has 32 heavy (non-hydrogen) atoms. The number of rotatable bonds is 6. The minimum absolute atomic E-state index is 0.187. The molecular formula is C23H26N2O7. The smallest absolute Gasteiger partial charge is 0.412 e. The molecule has 0 fully saturated rings. The second-order valence-electron chi connectivity index (χ2n) is 8.09. The van der Waals surface area contributed by atoms with Gasteiger partial charge in [0.05, 0.1) is 12.1 Å². The van der Waals surface area contributed by atoms with Gasteiger partial charge in [-0.2, -0.15) is 0 Å². The minimum atomic E-state index is -0.695. The Morgan fingerprint density at radius 1 is 1.06 bits per heavy atom. The van der Waals surface area contributed by atoms with E-state index in [1.165, 1.54) is 12.1 Å². The lowest BCUT2D eigenvalue weighted by Crippen LogP contribution is -2.42. The van der Waals surface area contributed by atoms with E-state index in [4.69, 9.17) is 18.9 Å². The summed E-state index contributed by atoms with van der Waals surface area (Å²) in [7, 11) is 0. The molecule has 2 N–H and O–H groups in total. The number of nitrogens with one attached hydrogen (secondary N) is 2. The van der Waals surface area contributed by atoms with Crippen molar-refractivity contribution in [2.24, 2.45) is 0 Å². The van der Waals surface area contributed by atoms with Crippen LogP contribution in [0.2, 0.25) is 0 Å². The monoisotopic (exact) mass is 442 g/mol. The van der Waals surface area contributed by atoms with E-state index in [0.29, 0.717) is 23.8 Å². The van der Waals surface area contributed by atoms with Gasteiger partial charge in [-0.05, 0) is 51.1 Å². The minimum Gasteiger partial charge on any atom is -0.486 e. The maximum absolute atomic E-state index is 12.3. The van der Waals surface area contributed by atoms with Crippen LogP contribution in [0.25, 0.3) is 0 Å². The predicted molar refractivity (Wildman–Crippen MR) is 116 cm³/mol. The van der Waals surface area contributed by atoms with Gasteiger partial charge in [0, 0.05) is 5.69 Å². The lowest BCUT2D eigenvalue weighted by atomic mass is 10.2. The van der Waals surface area contributed by atoms with Gasteiger partial charge >= 0.3 is 12.1 Å². The number of carbonyl (C=O) groups is 3. The van der Waals surface area contributed by atoms with E-state index in [9.17, 15) is 14.4 Å². The Kier molecular flexibility index (Phi) is 7.19. The van der Waals surface area contributed by atoms with Gasteiger partial charge in [-0.1, -0.05) is 18.2 Å². The molecule has 0 saturated carbocycles. The molecule has 170 valence electrons. The number of esters is 1. The number of ether oxygens (including phenoxy) is 4. The fourth-order valence-corrected chi connectivity index (χ4v) is 2.80. The van der Waals surface area contributed by atoms with Crippen LogP contribution in [-0.4, -0.2) is 49.4 Å². The number of hydrogen-bond donors (Lipinski definition) is 2. The number of hydrogen-bond acceptors (Lipinski definition) is 7. The fraction of sp³-hybridized carbons (Fsp3) is 0.348. The van der Waals surface area contributed by atoms with E-state index in [1.807, 2.05) is 18.2 Å². The van der Waals surface area contributed by atoms with Crippen LogP contribution in [-0.2, 0) is 14.3 Å². The molecule has 0 aromatic heterocycles. The second-order valence-corrected chi connectivity index (χ2v) is 8.09. The van der Waals surface area contributed by atoms with Crippen LogP contribution in [0.1, 0.15) is 31.1 Å².